The highest BCUT2D eigenvalue weighted by Gasteiger charge is 2.34. The highest BCUT2D eigenvalue weighted by molar-refractivity contribution is 7.82. The van der Waals surface area contributed by atoms with Crippen LogP contribution < -0.4 is 14.1 Å². The van der Waals surface area contributed by atoms with Crippen molar-refractivity contribution >= 4 is 16.1 Å². The molecule has 1 aliphatic rings. The van der Waals surface area contributed by atoms with Gasteiger partial charge in [-0.2, -0.15) is 0 Å². The van der Waals surface area contributed by atoms with Gasteiger partial charge in [0.25, 0.3) is 0 Å². The number of fused-ring (bicyclic) bond motifs is 1. The first kappa shape index (κ1) is 11.7. The van der Waals surface area contributed by atoms with Crippen LogP contribution in [0, 0.1) is 0 Å². The maximum atomic E-state index is 11.2. The number of benzene rings is 2. The molecule has 0 aromatic heterocycles. The van der Waals surface area contributed by atoms with Gasteiger partial charge in [-0.1, -0.05) is 30.3 Å². The van der Waals surface area contributed by atoms with Crippen LogP contribution in [0.1, 0.15) is 0 Å². The van der Waals surface area contributed by atoms with E-state index < -0.39 is 10.4 Å². The third-order valence-corrected chi connectivity index (χ3v) is 3.45. The van der Waals surface area contributed by atoms with Crippen molar-refractivity contribution in [3.63, 3.8) is 0 Å². The summed E-state index contributed by atoms with van der Waals surface area (Å²) in [7, 11) is -4.19. The molecular formula is C12H9NO5S. The maximum Gasteiger partial charge on any atom is 0.501 e. The lowest BCUT2D eigenvalue weighted by Crippen LogP contribution is -2.08. The molecular weight excluding hydrogens is 270 g/mol. The van der Waals surface area contributed by atoms with Crippen LogP contribution in [-0.2, 0) is 10.4 Å². The van der Waals surface area contributed by atoms with Gasteiger partial charge in [-0.05, 0) is 11.6 Å². The van der Waals surface area contributed by atoms with Gasteiger partial charge in [-0.15, -0.1) is 8.42 Å². The van der Waals surface area contributed by atoms with Gasteiger partial charge in [-0.25, -0.2) is 0 Å². The Morgan fingerprint density at radius 2 is 1.68 bits per heavy atom. The molecule has 0 amide bonds. The van der Waals surface area contributed by atoms with Crippen LogP contribution in [0.25, 0.3) is 11.1 Å². The zero-order chi connectivity index (χ0) is 13.6. The Morgan fingerprint density at radius 3 is 2.37 bits per heavy atom. The lowest BCUT2D eigenvalue weighted by atomic mass is 10.0. The van der Waals surface area contributed by atoms with E-state index in [1.165, 1.54) is 6.07 Å². The van der Waals surface area contributed by atoms with E-state index in [4.69, 9.17) is 5.73 Å². The van der Waals surface area contributed by atoms with Gasteiger partial charge in [0.2, 0.25) is 11.5 Å². The molecule has 0 unspecified atom stereocenters. The van der Waals surface area contributed by atoms with E-state index in [1.807, 2.05) is 6.07 Å². The van der Waals surface area contributed by atoms with Crippen LogP contribution in [0.4, 0.5) is 5.69 Å². The molecule has 0 atom stereocenters. The molecule has 0 fully saturated rings. The number of hydrogen-bond donors (Lipinski definition) is 2. The van der Waals surface area contributed by atoms with Crippen molar-refractivity contribution in [2.24, 2.45) is 0 Å². The second-order valence-corrected chi connectivity index (χ2v) is 5.11. The summed E-state index contributed by atoms with van der Waals surface area (Å²) in [4.78, 5) is 0. The topological polar surface area (TPSA) is 98.9 Å². The lowest BCUT2D eigenvalue weighted by molar-refractivity contribution is 0.419. The predicted octanol–water partition coefficient (Wildman–Crippen LogP) is 1.66. The van der Waals surface area contributed by atoms with Gasteiger partial charge in [-0.3, -0.25) is 0 Å². The van der Waals surface area contributed by atoms with Gasteiger partial charge in [0.05, 0.1) is 5.69 Å². The zero-order valence-electron chi connectivity index (χ0n) is 9.53. The number of rotatable bonds is 1. The molecule has 19 heavy (non-hydrogen) atoms. The summed E-state index contributed by atoms with van der Waals surface area (Å²) in [5.74, 6) is -0.805. The summed E-state index contributed by atoms with van der Waals surface area (Å²) >= 11 is 0. The smallest absolute Gasteiger partial charge is 0.501 e. The fourth-order valence-electron chi connectivity index (χ4n) is 1.88. The van der Waals surface area contributed by atoms with Gasteiger partial charge in [0.15, 0.2) is 5.75 Å². The molecule has 1 heterocycles. The molecule has 0 aliphatic carbocycles. The maximum absolute atomic E-state index is 11.2. The summed E-state index contributed by atoms with van der Waals surface area (Å²) in [5.41, 5.74) is 7.17. The number of nitrogen functional groups attached to an aromatic ring is 1. The first-order valence-electron chi connectivity index (χ1n) is 5.33. The predicted molar refractivity (Wildman–Crippen MR) is 68.1 cm³/mol. The van der Waals surface area contributed by atoms with Crippen LogP contribution in [0.15, 0.2) is 36.4 Å². The average Bonchev–Trinajstić information content (AvgIpc) is 2.71. The van der Waals surface area contributed by atoms with E-state index in [1.54, 1.807) is 24.3 Å². The van der Waals surface area contributed by atoms with Gasteiger partial charge >= 0.3 is 10.4 Å². The Labute approximate surface area is 109 Å². The molecule has 6 nitrogen and oxygen atoms in total. The normalized spacial score (nSPS) is 15.4. The number of hydrogen-bond acceptors (Lipinski definition) is 6. The molecule has 2 aromatic carbocycles. The highest BCUT2D eigenvalue weighted by Crippen LogP contribution is 2.50. The molecule has 0 bridgehead atoms. The van der Waals surface area contributed by atoms with Crippen molar-refractivity contribution in [1.82, 2.24) is 0 Å². The van der Waals surface area contributed by atoms with Crippen molar-refractivity contribution in [2.75, 3.05) is 5.73 Å². The molecule has 7 heteroatoms. The molecule has 1 aliphatic heterocycles. The minimum atomic E-state index is -4.19. The Kier molecular flexibility index (Phi) is 2.33. The van der Waals surface area contributed by atoms with Crippen LogP contribution in [-0.4, -0.2) is 13.5 Å². The Hall–Kier alpha value is -2.41. The van der Waals surface area contributed by atoms with E-state index in [9.17, 15) is 13.5 Å². The molecule has 98 valence electrons. The van der Waals surface area contributed by atoms with Gasteiger partial charge in [0, 0.05) is 5.56 Å². The van der Waals surface area contributed by atoms with Crippen LogP contribution >= 0.6 is 0 Å². The number of phenols is 1. The van der Waals surface area contributed by atoms with Crippen molar-refractivity contribution in [3.05, 3.63) is 36.4 Å². The van der Waals surface area contributed by atoms with Gasteiger partial charge < -0.3 is 19.2 Å². The Bertz CT molecular complexity index is 755. The number of anilines is 1. The van der Waals surface area contributed by atoms with Crippen LogP contribution in [0.2, 0.25) is 0 Å². The largest absolute Gasteiger partial charge is 0.504 e. The average molecular weight is 279 g/mol. The summed E-state index contributed by atoms with van der Waals surface area (Å²) < 4.78 is 31.6. The highest BCUT2D eigenvalue weighted by atomic mass is 32.3. The molecule has 2 aromatic rings. The number of nitrogens with two attached hydrogens (primary N) is 1. The molecule has 0 spiro atoms. The first-order valence-corrected chi connectivity index (χ1v) is 6.66. The quantitative estimate of drug-likeness (QED) is 0.608. The Morgan fingerprint density at radius 1 is 1.05 bits per heavy atom. The van der Waals surface area contributed by atoms with Crippen LogP contribution in [0.5, 0.6) is 17.2 Å². The minimum Gasteiger partial charge on any atom is -0.504 e. The van der Waals surface area contributed by atoms with E-state index in [-0.39, 0.29) is 22.9 Å². The summed E-state index contributed by atoms with van der Waals surface area (Å²) in [6.07, 6.45) is 0. The van der Waals surface area contributed by atoms with Gasteiger partial charge in [0.1, 0.15) is 0 Å². The van der Waals surface area contributed by atoms with E-state index in [2.05, 4.69) is 8.37 Å². The third-order valence-electron chi connectivity index (χ3n) is 2.71. The molecule has 0 radical (unpaired) electrons. The second kappa shape index (κ2) is 3.79. The SMILES string of the molecule is Nc1c(-c2ccccc2)cc(O)c2c1OS(=O)(=O)O2. The monoisotopic (exact) mass is 279 g/mol. The third kappa shape index (κ3) is 1.84. The van der Waals surface area contributed by atoms with Crippen molar-refractivity contribution in [1.29, 1.82) is 0 Å². The van der Waals surface area contributed by atoms with Crippen LogP contribution in [0.3, 0.4) is 0 Å². The summed E-state index contributed by atoms with van der Waals surface area (Å²) in [6, 6.07) is 10.3. The van der Waals surface area contributed by atoms with E-state index >= 15 is 0 Å². The molecule has 3 N–H and O–H groups in total. The summed E-state index contributed by atoms with van der Waals surface area (Å²) in [5, 5.41) is 9.81. The fraction of sp³-hybridized carbons (Fsp3) is 0. The van der Waals surface area contributed by atoms with Crippen molar-refractivity contribution in [3.8, 4) is 28.4 Å². The van der Waals surface area contributed by atoms with Crippen molar-refractivity contribution < 1.29 is 21.9 Å². The fourth-order valence-corrected chi connectivity index (χ4v) is 2.65. The molecule has 3 rings (SSSR count). The minimum absolute atomic E-state index is 0.0973. The van der Waals surface area contributed by atoms with Crippen molar-refractivity contribution in [2.45, 2.75) is 0 Å². The molecule has 0 saturated carbocycles. The standard InChI is InChI=1S/C12H9NO5S/c13-10-8(7-4-2-1-3-5-7)6-9(14)11-12(10)18-19(15,16)17-11/h1-6,14H,13H2. The summed E-state index contributed by atoms with van der Waals surface area (Å²) in [6.45, 7) is 0. The second-order valence-electron chi connectivity index (χ2n) is 3.96. The van der Waals surface area contributed by atoms with E-state index in [0.717, 1.165) is 5.56 Å². The van der Waals surface area contributed by atoms with E-state index in [0.29, 0.717) is 5.56 Å². The molecule has 0 saturated heterocycles. The number of phenolic OH excluding ortho intramolecular Hbond substituents is 1. The zero-order valence-corrected chi connectivity index (χ0v) is 10.3. The lowest BCUT2D eigenvalue weighted by Gasteiger charge is -2.08. The first-order chi connectivity index (χ1) is 8.98. The Balaban J connectivity index is 2.25. The number of aromatic hydroxyl groups is 1.